The van der Waals surface area contributed by atoms with E-state index in [1.807, 2.05) is 17.5 Å². The summed E-state index contributed by atoms with van der Waals surface area (Å²) < 4.78 is 0. The van der Waals surface area contributed by atoms with Gasteiger partial charge in [0.25, 0.3) is 0 Å². The number of nitrogens with zero attached hydrogens (tertiary/aromatic N) is 1. The van der Waals surface area contributed by atoms with Crippen LogP contribution in [0.3, 0.4) is 0 Å². The first-order valence-electron chi connectivity index (χ1n) is 4.13. The van der Waals surface area contributed by atoms with Gasteiger partial charge in [-0.05, 0) is 29.0 Å². The lowest BCUT2D eigenvalue weighted by Gasteiger charge is -2.00. The minimum atomic E-state index is -1.43. The molecule has 0 amide bonds. The Morgan fingerprint density at radius 1 is 1.29 bits per heavy atom. The molecular weight excluding hydrogens is 197 g/mol. The molecule has 3 nitrogen and oxygen atoms in total. The summed E-state index contributed by atoms with van der Waals surface area (Å²) in [5.41, 5.74) is 1.23. The molecule has 2 heterocycles. The molecule has 14 heavy (non-hydrogen) atoms. The molecule has 2 aromatic heterocycles. The van der Waals surface area contributed by atoms with Gasteiger partial charge in [-0.2, -0.15) is 0 Å². The zero-order valence-electron chi connectivity index (χ0n) is 7.29. The van der Waals surface area contributed by atoms with Crippen LogP contribution in [0.4, 0.5) is 0 Å². The summed E-state index contributed by atoms with van der Waals surface area (Å²) >= 11 is 1.57. The SMILES string of the molecule is OB(O)c1ccnc(-c2cccs2)c1. The summed E-state index contributed by atoms with van der Waals surface area (Å²) in [7, 11) is -1.43. The number of hydrogen-bond donors (Lipinski definition) is 2. The topological polar surface area (TPSA) is 53.4 Å². The maximum atomic E-state index is 8.98. The van der Waals surface area contributed by atoms with E-state index in [0.29, 0.717) is 5.46 Å². The maximum absolute atomic E-state index is 8.98. The van der Waals surface area contributed by atoms with E-state index in [0.717, 1.165) is 10.6 Å². The molecule has 0 bridgehead atoms. The minimum Gasteiger partial charge on any atom is -0.423 e. The highest BCUT2D eigenvalue weighted by atomic mass is 32.1. The van der Waals surface area contributed by atoms with Gasteiger partial charge in [0.05, 0.1) is 10.6 Å². The van der Waals surface area contributed by atoms with Crippen LogP contribution in [0.25, 0.3) is 10.6 Å². The molecule has 0 aliphatic carbocycles. The first-order chi connectivity index (χ1) is 6.77. The summed E-state index contributed by atoms with van der Waals surface area (Å²) in [4.78, 5) is 5.17. The van der Waals surface area contributed by atoms with Gasteiger partial charge in [-0.1, -0.05) is 6.07 Å². The Morgan fingerprint density at radius 3 is 2.79 bits per heavy atom. The lowest BCUT2D eigenvalue weighted by Crippen LogP contribution is -2.29. The molecule has 5 heteroatoms. The molecule has 0 spiro atoms. The molecule has 2 rings (SSSR count). The van der Waals surface area contributed by atoms with Crippen molar-refractivity contribution in [2.24, 2.45) is 0 Å². The smallest absolute Gasteiger partial charge is 0.423 e. The zero-order valence-corrected chi connectivity index (χ0v) is 8.11. The Bertz CT molecular complexity index is 417. The number of pyridine rings is 1. The van der Waals surface area contributed by atoms with E-state index in [-0.39, 0.29) is 0 Å². The van der Waals surface area contributed by atoms with Crippen LogP contribution >= 0.6 is 11.3 Å². The molecule has 0 aliphatic heterocycles. The Balaban J connectivity index is 2.41. The molecule has 0 saturated carbocycles. The molecule has 2 aromatic rings. The van der Waals surface area contributed by atoms with E-state index < -0.39 is 7.12 Å². The quantitative estimate of drug-likeness (QED) is 0.701. The molecule has 0 saturated heterocycles. The van der Waals surface area contributed by atoms with Crippen molar-refractivity contribution in [1.82, 2.24) is 4.98 Å². The first kappa shape index (κ1) is 9.39. The van der Waals surface area contributed by atoms with Crippen molar-refractivity contribution in [3.8, 4) is 10.6 Å². The van der Waals surface area contributed by atoms with Gasteiger partial charge < -0.3 is 10.0 Å². The fourth-order valence-corrected chi connectivity index (χ4v) is 1.86. The highest BCUT2D eigenvalue weighted by molar-refractivity contribution is 7.13. The molecule has 0 aromatic carbocycles. The second-order valence-corrected chi connectivity index (χ2v) is 3.77. The monoisotopic (exact) mass is 205 g/mol. The average Bonchev–Trinajstić information content (AvgIpc) is 2.71. The summed E-state index contributed by atoms with van der Waals surface area (Å²) in [5, 5.41) is 19.9. The molecule has 70 valence electrons. The third-order valence-corrected chi connectivity index (χ3v) is 2.75. The summed E-state index contributed by atoms with van der Waals surface area (Å²) in [6.07, 6.45) is 1.57. The van der Waals surface area contributed by atoms with Gasteiger partial charge in [0.1, 0.15) is 0 Å². The first-order valence-corrected chi connectivity index (χ1v) is 5.01. The van der Waals surface area contributed by atoms with Gasteiger partial charge in [-0.3, -0.25) is 4.98 Å². The van der Waals surface area contributed by atoms with Crippen molar-refractivity contribution in [2.75, 3.05) is 0 Å². The molecule has 0 atom stereocenters. The van der Waals surface area contributed by atoms with Gasteiger partial charge in [0, 0.05) is 6.20 Å². The largest absolute Gasteiger partial charge is 0.488 e. The van der Waals surface area contributed by atoms with E-state index in [2.05, 4.69) is 4.98 Å². The lowest BCUT2D eigenvalue weighted by atomic mass is 9.80. The van der Waals surface area contributed by atoms with Crippen LogP contribution < -0.4 is 5.46 Å². The van der Waals surface area contributed by atoms with E-state index in [1.165, 1.54) is 0 Å². The lowest BCUT2D eigenvalue weighted by molar-refractivity contribution is 0.425. The molecule has 0 unspecified atom stereocenters. The number of aromatic nitrogens is 1. The molecular formula is C9H8BNO2S. The number of rotatable bonds is 2. The zero-order chi connectivity index (χ0) is 9.97. The Morgan fingerprint density at radius 2 is 2.14 bits per heavy atom. The molecule has 2 N–H and O–H groups in total. The van der Waals surface area contributed by atoms with Crippen molar-refractivity contribution >= 4 is 23.9 Å². The Hall–Kier alpha value is -1.17. The third kappa shape index (κ3) is 1.84. The van der Waals surface area contributed by atoms with Crippen molar-refractivity contribution in [1.29, 1.82) is 0 Å². The minimum absolute atomic E-state index is 0.461. The Kier molecular flexibility index (Phi) is 2.63. The van der Waals surface area contributed by atoms with Gasteiger partial charge >= 0.3 is 7.12 Å². The van der Waals surface area contributed by atoms with E-state index in [1.54, 1.807) is 29.7 Å². The van der Waals surface area contributed by atoms with Crippen LogP contribution in [0.15, 0.2) is 35.8 Å². The van der Waals surface area contributed by atoms with E-state index in [4.69, 9.17) is 10.0 Å². The highest BCUT2D eigenvalue weighted by Gasteiger charge is 2.11. The molecule has 0 radical (unpaired) electrons. The maximum Gasteiger partial charge on any atom is 0.488 e. The third-order valence-electron chi connectivity index (χ3n) is 1.86. The van der Waals surface area contributed by atoms with Gasteiger partial charge in [-0.15, -0.1) is 11.3 Å². The Labute approximate surface area is 85.8 Å². The van der Waals surface area contributed by atoms with E-state index >= 15 is 0 Å². The predicted molar refractivity (Wildman–Crippen MR) is 57.4 cm³/mol. The van der Waals surface area contributed by atoms with Crippen LogP contribution in [-0.4, -0.2) is 22.2 Å². The number of thiophene rings is 1. The normalized spacial score (nSPS) is 10.1. The fourth-order valence-electron chi connectivity index (χ4n) is 1.17. The van der Waals surface area contributed by atoms with Crippen LogP contribution in [0, 0.1) is 0 Å². The van der Waals surface area contributed by atoms with E-state index in [9.17, 15) is 0 Å². The fraction of sp³-hybridized carbons (Fsp3) is 0. The molecule has 0 aliphatic rings. The van der Waals surface area contributed by atoms with Crippen molar-refractivity contribution in [2.45, 2.75) is 0 Å². The van der Waals surface area contributed by atoms with Crippen molar-refractivity contribution in [3.63, 3.8) is 0 Å². The van der Waals surface area contributed by atoms with Crippen molar-refractivity contribution < 1.29 is 10.0 Å². The average molecular weight is 205 g/mol. The van der Waals surface area contributed by atoms with Crippen molar-refractivity contribution in [3.05, 3.63) is 35.8 Å². The summed E-state index contributed by atoms with van der Waals surface area (Å²) in [6.45, 7) is 0. The second kappa shape index (κ2) is 3.92. The van der Waals surface area contributed by atoms with Crippen LogP contribution in [-0.2, 0) is 0 Å². The van der Waals surface area contributed by atoms with Crippen LogP contribution in [0.1, 0.15) is 0 Å². The predicted octanol–water partition coefficient (Wildman–Crippen LogP) is 0.490. The number of hydrogen-bond acceptors (Lipinski definition) is 4. The van der Waals surface area contributed by atoms with Crippen LogP contribution in [0.2, 0.25) is 0 Å². The highest BCUT2D eigenvalue weighted by Crippen LogP contribution is 2.21. The van der Waals surface area contributed by atoms with Gasteiger partial charge in [-0.25, -0.2) is 0 Å². The van der Waals surface area contributed by atoms with Crippen LogP contribution in [0.5, 0.6) is 0 Å². The summed E-state index contributed by atoms with van der Waals surface area (Å²) in [6, 6.07) is 7.14. The van der Waals surface area contributed by atoms with Gasteiger partial charge in [0.15, 0.2) is 0 Å². The standard InChI is InChI=1S/C9H8BNO2S/c12-10(13)7-3-4-11-8(6-7)9-2-1-5-14-9/h1-6,12-13H. The summed E-state index contributed by atoms with van der Waals surface area (Å²) in [5.74, 6) is 0. The van der Waals surface area contributed by atoms with Gasteiger partial charge in [0.2, 0.25) is 0 Å². The second-order valence-electron chi connectivity index (χ2n) is 2.83. The molecule has 0 fully saturated rings.